The maximum absolute atomic E-state index is 12.9. The molecule has 5 nitrogen and oxygen atoms in total. The maximum atomic E-state index is 12.9. The molecule has 3 aromatic rings. The Kier molecular flexibility index (Phi) is 4.20. The number of thiazole rings is 1. The van der Waals surface area contributed by atoms with E-state index in [9.17, 15) is 9.18 Å². The number of aryl methyl sites for hydroxylation is 2. The van der Waals surface area contributed by atoms with Crippen molar-refractivity contribution < 1.29 is 13.6 Å². The maximum Gasteiger partial charge on any atom is 0.295 e. The number of hydrogen-bond donors (Lipinski definition) is 1. The Morgan fingerprint density at radius 3 is 2.70 bits per heavy atom. The number of amides is 1. The molecule has 0 aliphatic rings. The van der Waals surface area contributed by atoms with Gasteiger partial charge in [0, 0.05) is 17.4 Å². The summed E-state index contributed by atoms with van der Waals surface area (Å²) in [7, 11) is 0. The average Bonchev–Trinajstić information content (AvgIpc) is 3.14. The van der Waals surface area contributed by atoms with Gasteiger partial charge in [0.2, 0.25) is 5.76 Å². The number of carbonyl (C=O) groups excluding carboxylic acids is 1. The van der Waals surface area contributed by atoms with Crippen LogP contribution in [-0.2, 0) is 6.42 Å². The molecule has 1 amide bonds. The summed E-state index contributed by atoms with van der Waals surface area (Å²) in [6.45, 7) is 3.63. The summed E-state index contributed by atoms with van der Waals surface area (Å²) in [4.78, 5) is 20.7. The van der Waals surface area contributed by atoms with Crippen molar-refractivity contribution in [3.8, 4) is 11.3 Å². The van der Waals surface area contributed by atoms with Crippen molar-refractivity contribution in [3.63, 3.8) is 0 Å². The molecule has 23 heavy (non-hydrogen) atoms. The third-order valence-corrected chi connectivity index (χ3v) is 3.97. The number of carbonyl (C=O) groups is 1. The molecule has 1 aromatic carbocycles. The van der Waals surface area contributed by atoms with Crippen LogP contribution in [0.5, 0.6) is 0 Å². The first kappa shape index (κ1) is 15.4. The van der Waals surface area contributed by atoms with Crippen LogP contribution in [0.15, 0.2) is 34.1 Å². The minimum absolute atomic E-state index is 0.195. The van der Waals surface area contributed by atoms with Crippen LogP contribution in [0.2, 0.25) is 0 Å². The second kappa shape index (κ2) is 6.29. The zero-order valence-corrected chi connectivity index (χ0v) is 13.4. The number of hydrogen-bond acceptors (Lipinski definition) is 5. The highest BCUT2D eigenvalue weighted by Gasteiger charge is 2.18. The first-order valence-electron chi connectivity index (χ1n) is 7.06. The van der Waals surface area contributed by atoms with E-state index in [4.69, 9.17) is 4.42 Å². The molecule has 0 saturated heterocycles. The first-order valence-corrected chi connectivity index (χ1v) is 7.94. The summed E-state index contributed by atoms with van der Waals surface area (Å²) in [5, 5.41) is 4.95. The number of halogens is 1. The molecule has 0 fully saturated rings. The Morgan fingerprint density at radius 2 is 2.04 bits per heavy atom. The van der Waals surface area contributed by atoms with E-state index in [0.29, 0.717) is 28.8 Å². The average molecular weight is 331 g/mol. The van der Waals surface area contributed by atoms with Crippen LogP contribution >= 0.6 is 11.3 Å². The van der Waals surface area contributed by atoms with E-state index >= 15 is 0 Å². The number of nitrogens with one attached hydrogen (secondary N) is 1. The van der Waals surface area contributed by atoms with E-state index in [0.717, 1.165) is 5.56 Å². The van der Waals surface area contributed by atoms with Gasteiger partial charge in [-0.2, -0.15) is 0 Å². The minimum Gasteiger partial charge on any atom is -0.435 e. The van der Waals surface area contributed by atoms with Gasteiger partial charge in [0.1, 0.15) is 5.82 Å². The van der Waals surface area contributed by atoms with E-state index in [-0.39, 0.29) is 17.5 Å². The van der Waals surface area contributed by atoms with Crippen LogP contribution in [0, 0.1) is 12.7 Å². The highest BCUT2D eigenvalue weighted by molar-refractivity contribution is 7.14. The van der Waals surface area contributed by atoms with Crippen molar-refractivity contribution in [2.45, 2.75) is 20.3 Å². The van der Waals surface area contributed by atoms with Gasteiger partial charge >= 0.3 is 0 Å². The van der Waals surface area contributed by atoms with Crippen LogP contribution < -0.4 is 5.32 Å². The molecule has 0 spiro atoms. The van der Waals surface area contributed by atoms with Crippen LogP contribution in [0.3, 0.4) is 0 Å². The topological polar surface area (TPSA) is 68.0 Å². The molecule has 1 N–H and O–H groups in total. The van der Waals surface area contributed by atoms with Crippen LogP contribution in [0.1, 0.15) is 29.1 Å². The minimum atomic E-state index is -0.380. The number of nitrogens with zero attached hydrogens (tertiary/aromatic N) is 2. The monoisotopic (exact) mass is 331 g/mol. The molecule has 3 rings (SSSR count). The van der Waals surface area contributed by atoms with E-state index in [1.165, 1.54) is 23.5 Å². The fraction of sp³-hybridized carbons (Fsp3) is 0.188. The van der Waals surface area contributed by atoms with Gasteiger partial charge in [0.15, 0.2) is 11.0 Å². The number of aromatic nitrogens is 2. The Labute approximate surface area is 136 Å². The van der Waals surface area contributed by atoms with Crippen molar-refractivity contribution >= 4 is 22.4 Å². The number of oxazole rings is 1. The second-order valence-corrected chi connectivity index (χ2v) is 5.73. The highest BCUT2D eigenvalue weighted by atomic mass is 32.1. The van der Waals surface area contributed by atoms with E-state index in [2.05, 4.69) is 15.3 Å². The lowest BCUT2D eigenvalue weighted by Gasteiger charge is -1.99. The first-order chi connectivity index (χ1) is 11.1. The van der Waals surface area contributed by atoms with Gasteiger partial charge in [-0.15, -0.1) is 11.3 Å². The quantitative estimate of drug-likeness (QED) is 0.783. The molecule has 0 radical (unpaired) electrons. The predicted molar refractivity (Wildman–Crippen MR) is 86.1 cm³/mol. The molecule has 0 aliphatic carbocycles. The molecule has 118 valence electrons. The number of rotatable bonds is 4. The molecular weight excluding hydrogens is 317 g/mol. The molecule has 0 unspecified atom stereocenters. The van der Waals surface area contributed by atoms with Crippen LogP contribution in [0.25, 0.3) is 11.3 Å². The molecule has 7 heteroatoms. The van der Waals surface area contributed by atoms with Gasteiger partial charge in [-0.25, -0.2) is 14.4 Å². The molecule has 2 heterocycles. The van der Waals surface area contributed by atoms with Crippen molar-refractivity contribution in [1.29, 1.82) is 0 Å². The summed E-state index contributed by atoms with van der Waals surface area (Å²) >= 11 is 1.29. The Bertz CT molecular complexity index is 839. The lowest BCUT2D eigenvalue weighted by Crippen LogP contribution is -2.12. The lowest BCUT2D eigenvalue weighted by atomic mass is 10.2. The Balaban J connectivity index is 1.77. The van der Waals surface area contributed by atoms with E-state index in [1.807, 2.05) is 6.92 Å². The highest BCUT2D eigenvalue weighted by Crippen LogP contribution is 2.25. The van der Waals surface area contributed by atoms with Gasteiger partial charge in [0.25, 0.3) is 5.91 Å². The Hall–Kier alpha value is -2.54. The zero-order valence-electron chi connectivity index (χ0n) is 12.6. The van der Waals surface area contributed by atoms with Gasteiger partial charge in [-0.1, -0.05) is 6.92 Å². The summed E-state index contributed by atoms with van der Waals surface area (Å²) < 4.78 is 18.4. The van der Waals surface area contributed by atoms with E-state index < -0.39 is 0 Å². The normalized spacial score (nSPS) is 10.7. The molecule has 0 atom stereocenters. The molecule has 2 aromatic heterocycles. The van der Waals surface area contributed by atoms with Crippen molar-refractivity contribution in [2.24, 2.45) is 0 Å². The number of anilines is 1. The van der Waals surface area contributed by atoms with Crippen LogP contribution in [0.4, 0.5) is 9.52 Å². The zero-order chi connectivity index (χ0) is 16.4. The third kappa shape index (κ3) is 3.29. The predicted octanol–water partition coefficient (Wildman–Crippen LogP) is 4.06. The second-order valence-electron chi connectivity index (χ2n) is 4.87. The fourth-order valence-electron chi connectivity index (χ4n) is 2.05. The molecular formula is C16H14FN3O2S. The van der Waals surface area contributed by atoms with Crippen LogP contribution in [-0.4, -0.2) is 15.9 Å². The SMILES string of the molecule is CCc1nc(C)c(C(=O)Nc2nc(-c3ccc(F)cc3)cs2)o1. The van der Waals surface area contributed by atoms with E-state index in [1.54, 1.807) is 24.4 Å². The van der Waals surface area contributed by atoms with Gasteiger partial charge < -0.3 is 4.42 Å². The smallest absolute Gasteiger partial charge is 0.295 e. The standard InChI is InChI=1S/C16H14FN3O2S/c1-3-13-18-9(2)14(22-13)15(21)20-16-19-12(8-23-16)10-4-6-11(17)7-5-10/h4-8H,3H2,1-2H3,(H,19,20,21). The third-order valence-electron chi connectivity index (χ3n) is 3.21. The molecule has 0 aliphatic heterocycles. The van der Waals surface area contributed by atoms with Gasteiger partial charge in [-0.05, 0) is 31.2 Å². The summed E-state index contributed by atoms with van der Waals surface area (Å²) in [5.74, 6) is 0.0407. The summed E-state index contributed by atoms with van der Waals surface area (Å²) in [5.41, 5.74) is 2.01. The van der Waals surface area contributed by atoms with Gasteiger partial charge in [-0.3, -0.25) is 10.1 Å². The lowest BCUT2D eigenvalue weighted by molar-refractivity contribution is 0.0994. The van der Waals surface area contributed by atoms with Gasteiger partial charge in [0.05, 0.1) is 11.4 Å². The Morgan fingerprint density at radius 1 is 1.30 bits per heavy atom. The summed E-state index contributed by atoms with van der Waals surface area (Å²) in [6.07, 6.45) is 0.625. The summed E-state index contributed by atoms with van der Waals surface area (Å²) in [6, 6.07) is 6.03. The molecule has 0 bridgehead atoms. The number of benzene rings is 1. The molecule has 0 saturated carbocycles. The fourth-order valence-corrected chi connectivity index (χ4v) is 2.77. The van der Waals surface area contributed by atoms with Crippen molar-refractivity contribution in [2.75, 3.05) is 5.32 Å². The largest absolute Gasteiger partial charge is 0.435 e. The van der Waals surface area contributed by atoms with Crippen molar-refractivity contribution in [3.05, 3.63) is 52.8 Å². The van der Waals surface area contributed by atoms with Crippen molar-refractivity contribution in [1.82, 2.24) is 9.97 Å².